The second-order valence-electron chi connectivity index (χ2n) is 11.5. The van der Waals surface area contributed by atoms with E-state index in [-0.39, 0.29) is 35.9 Å². The first-order valence-corrected chi connectivity index (χ1v) is 17.9. The van der Waals surface area contributed by atoms with Gasteiger partial charge in [-0.1, -0.05) is 201 Å². The Morgan fingerprint density at radius 3 is 1.18 bits per heavy atom. The Balaban J connectivity index is -0.000000327. The molecule has 0 aliphatic rings. The number of benzene rings is 1. The predicted octanol–water partition coefficient (Wildman–Crippen LogP) is 10.0. The van der Waals surface area contributed by atoms with Gasteiger partial charge >= 0.3 is 23.9 Å². The Morgan fingerprint density at radius 1 is 0.568 bits per heavy atom. The molecule has 0 aromatic heterocycles. The van der Waals surface area contributed by atoms with E-state index in [0.29, 0.717) is 0 Å². The van der Waals surface area contributed by atoms with Crippen molar-refractivity contribution in [2.45, 2.75) is 188 Å². The van der Waals surface area contributed by atoms with Gasteiger partial charge in [0.15, 0.2) is 0 Å². The van der Waals surface area contributed by atoms with E-state index < -0.39 is 11.9 Å². The summed E-state index contributed by atoms with van der Waals surface area (Å²) in [5.41, 5.74) is 1.27. The van der Waals surface area contributed by atoms with Crippen LogP contribution >= 0.6 is 0 Å². The summed E-state index contributed by atoms with van der Waals surface area (Å²) >= 11 is 0. The fourth-order valence-corrected chi connectivity index (χ4v) is 4.27. The molecule has 1 aromatic rings. The van der Waals surface area contributed by atoms with Crippen molar-refractivity contribution in [1.82, 2.24) is 0 Å². The number of aliphatic carboxylic acids is 1. The Hall–Kier alpha value is -1.04. The summed E-state index contributed by atoms with van der Waals surface area (Å²) in [6.07, 6.45) is 31.1. The molecule has 0 spiro atoms. The number of carbonyl (C=O) groups is 2. The van der Waals surface area contributed by atoms with E-state index in [2.05, 4.69) is 34.6 Å². The largest absolute Gasteiger partial charge is 2.00 e. The second kappa shape index (κ2) is 44.1. The van der Waals surface area contributed by atoms with Gasteiger partial charge in [0.05, 0.1) is 5.97 Å². The predicted molar refractivity (Wildman–Crippen MR) is 189 cm³/mol. The Labute approximate surface area is 291 Å². The van der Waals surface area contributed by atoms with Gasteiger partial charge in [0.2, 0.25) is 0 Å². The van der Waals surface area contributed by atoms with Crippen LogP contribution in [-0.2, 0) is 11.2 Å². The molecule has 0 unspecified atom stereocenters. The smallest absolute Gasteiger partial charge is 0.550 e. The van der Waals surface area contributed by atoms with Crippen LogP contribution in [0.5, 0.6) is 0 Å². The van der Waals surface area contributed by atoms with Crippen molar-refractivity contribution in [1.29, 1.82) is 0 Å². The van der Waals surface area contributed by atoms with Crippen molar-refractivity contribution in [3.63, 3.8) is 0 Å². The standard InChI is InChI=1S/C22H44O2.C9H10O2.2C4H9.Sn/c1-2-3-4-5-6-7-8-9-10-11-12-13-14-15-16-17-18-19-20-21-22(23)24;1-2-7-4-3-5-8(6-7)9(10)11;2*1-3-4-2;/h2-21H2,1H3,(H,23,24);3-6H,2H2,1H3,(H,10,11);2*1,3-4H2,2H3;/q;;;;+2/p-2. The monoisotopic (exact) mass is 722 g/mol. The molecular weight excluding hydrogens is 651 g/mol. The van der Waals surface area contributed by atoms with Crippen LogP contribution in [-0.4, -0.2) is 35.8 Å². The Bertz CT molecular complexity index is 684. The van der Waals surface area contributed by atoms with Gasteiger partial charge in [0.25, 0.3) is 0 Å². The molecule has 0 amide bonds. The molecular formula is C39H70O4Sn. The van der Waals surface area contributed by atoms with Gasteiger partial charge in [-0.3, -0.25) is 0 Å². The molecule has 1 aromatic carbocycles. The Kier molecular flexibility index (Phi) is 49.9. The summed E-state index contributed by atoms with van der Waals surface area (Å²) in [4.78, 5) is 20.6. The first-order chi connectivity index (χ1) is 20.8. The molecule has 5 heteroatoms. The second-order valence-corrected chi connectivity index (χ2v) is 11.5. The minimum atomic E-state index is -1.11. The van der Waals surface area contributed by atoms with Gasteiger partial charge in [0, 0.05) is 5.97 Å². The van der Waals surface area contributed by atoms with Gasteiger partial charge in [0.1, 0.15) is 0 Å². The molecule has 0 saturated heterocycles. The maximum atomic E-state index is 10.4. The number of carbonyl (C=O) groups excluding carboxylic acids is 2. The van der Waals surface area contributed by atoms with Gasteiger partial charge < -0.3 is 19.8 Å². The summed E-state index contributed by atoms with van der Waals surface area (Å²) in [6.45, 7) is 15.7. The molecule has 0 aliphatic heterocycles. The molecule has 0 aliphatic carbocycles. The maximum absolute atomic E-state index is 10.4. The van der Waals surface area contributed by atoms with Crippen LogP contribution in [0.15, 0.2) is 24.3 Å². The van der Waals surface area contributed by atoms with Crippen molar-refractivity contribution >= 4 is 35.8 Å². The van der Waals surface area contributed by atoms with Crippen molar-refractivity contribution in [3.05, 3.63) is 49.2 Å². The third-order valence-corrected chi connectivity index (χ3v) is 7.26. The normalized spacial score (nSPS) is 9.77. The number of rotatable bonds is 24. The van der Waals surface area contributed by atoms with Crippen LogP contribution in [0, 0.1) is 13.8 Å². The van der Waals surface area contributed by atoms with Gasteiger partial charge in [-0.05, 0) is 36.5 Å². The van der Waals surface area contributed by atoms with E-state index in [4.69, 9.17) is 0 Å². The summed E-state index contributed by atoms with van der Waals surface area (Å²) in [6, 6.07) is 6.79. The number of hydrogen-bond acceptors (Lipinski definition) is 4. The zero-order chi connectivity index (χ0) is 32.8. The van der Waals surface area contributed by atoms with Gasteiger partial charge in [-0.15, -0.1) is 0 Å². The van der Waals surface area contributed by atoms with Crippen molar-refractivity contribution in [2.24, 2.45) is 0 Å². The van der Waals surface area contributed by atoms with Crippen LogP contribution in [0.4, 0.5) is 0 Å². The minimum absolute atomic E-state index is 0. The molecule has 0 fully saturated rings. The van der Waals surface area contributed by atoms with Gasteiger partial charge in [-0.25, -0.2) is 0 Å². The fourth-order valence-electron chi connectivity index (χ4n) is 4.27. The van der Waals surface area contributed by atoms with Gasteiger partial charge in [-0.2, -0.15) is 0 Å². The molecule has 4 radical (unpaired) electrons. The topological polar surface area (TPSA) is 80.3 Å². The molecule has 0 bridgehead atoms. The van der Waals surface area contributed by atoms with Crippen molar-refractivity contribution < 1.29 is 19.8 Å². The fraction of sp³-hybridized carbons (Fsp3) is 0.744. The summed E-state index contributed by atoms with van der Waals surface area (Å²) in [5.74, 6) is -2.01. The zero-order valence-electron chi connectivity index (χ0n) is 29.5. The first-order valence-electron chi connectivity index (χ1n) is 17.9. The molecule has 1 rings (SSSR count). The van der Waals surface area contributed by atoms with Crippen LogP contribution in [0.2, 0.25) is 0 Å². The molecule has 254 valence electrons. The number of hydrogen-bond donors (Lipinski definition) is 0. The quantitative estimate of drug-likeness (QED) is 0.0787. The minimum Gasteiger partial charge on any atom is -0.550 e. The number of unbranched alkanes of at least 4 members (excludes halogenated alkanes) is 20. The average molecular weight is 722 g/mol. The summed E-state index contributed by atoms with van der Waals surface area (Å²) in [5, 5.41) is 20.6. The molecule has 0 N–H and O–H groups in total. The van der Waals surface area contributed by atoms with Crippen LogP contribution in [0.3, 0.4) is 0 Å². The number of carboxylic acids is 2. The maximum Gasteiger partial charge on any atom is 2.00 e. The van der Waals surface area contributed by atoms with Crippen molar-refractivity contribution in [2.75, 3.05) is 0 Å². The SMILES string of the molecule is CCCCCCCCCCCCCCCCCCCCCC(=O)[O-].CCc1cccc(C(=O)[O-])c1.[CH2]CCC.[CH2]CCC.[Sn+2]. The zero-order valence-corrected chi connectivity index (χ0v) is 32.4. The number of carboxylic acid groups (broad SMARTS) is 2. The number of aryl methyl sites for hydroxylation is 1. The Morgan fingerprint density at radius 2 is 0.909 bits per heavy atom. The average Bonchev–Trinajstić information content (AvgIpc) is 3.02. The molecule has 0 atom stereocenters. The van der Waals surface area contributed by atoms with E-state index in [0.717, 1.165) is 37.7 Å². The molecule has 0 saturated carbocycles. The first kappa shape index (κ1) is 49.8. The van der Waals surface area contributed by atoms with E-state index in [1.165, 1.54) is 128 Å². The molecule has 44 heavy (non-hydrogen) atoms. The molecule has 4 nitrogen and oxygen atoms in total. The van der Waals surface area contributed by atoms with E-state index in [9.17, 15) is 19.8 Å². The number of aromatic carboxylic acids is 1. The van der Waals surface area contributed by atoms with Crippen LogP contribution in [0.1, 0.15) is 198 Å². The van der Waals surface area contributed by atoms with Crippen LogP contribution in [0.25, 0.3) is 0 Å². The summed E-state index contributed by atoms with van der Waals surface area (Å²) in [7, 11) is 0. The van der Waals surface area contributed by atoms with E-state index >= 15 is 0 Å². The summed E-state index contributed by atoms with van der Waals surface area (Å²) < 4.78 is 0. The van der Waals surface area contributed by atoms with E-state index in [1.54, 1.807) is 12.1 Å². The van der Waals surface area contributed by atoms with Crippen molar-refractivity contribution in [3.8, 4) is 0 Å². The third-order valence-electron chi connectivity index (χ3n) is 7.26. The third kappa shape index (κ3) is 45.4. The molecule has 0 heterocycles. The van der Waals surface area contributed by atoms with E-state index in [1.807, 2.05) is 13.0 Å². The van der Waals surface area contributed by atoms with Crippen LogP contribution < -0.4 is 10.2 Å².